The predicted octanol–water partition coefficient (Wildman–Crippen LogP) is 6.41. The number of halogens is 2. The minimum absolute atomic E-state index is 0.00736. The van der Waals surface area contributed by atoms with Crippen molar-refractivity contribution in [2.45, 2.75) is 6.04 Å². The van der Waals surface area contributed by atoms with E-state index in [1.54, 1.807) is 18.2 Å². The second-order valence-corrected chi connectivity index (χ2v) is 7.18. The van der Waals surface area contributed by atoms with E-state index in [1.165, 1.54) is 0 Å². The normalized spacial score (nSPS) is 10.6. The molecule has 0 spiro atoms. The molecule has 0 radical (unpaired) electrons. The van der Waals surface area contributed by atoms with Crippen LogP contribution < -0.4 is 5.32 Å². The summed E-state index contributed by atoms with van der Waals surface area (Å²) in [5.74, 6) is 0. The summed E-state index contributed by atoms with van der Waals surface area (Å²) in [7, 11) is 1.98. The van der Waals surface area contributed by atoms with Crippen molar-refractivity contribution in [3.8, 4) is 0 Å². The minimum atomic E-state index is -0.00736. The first-order valence-electron chi connectivity index (χ1n) is 8.14. The van der Waals surface area contributed by atoms with Crippen LogP contribution in [0.1, 0.15) is 17.2 Å². The van der Waals surface area contributed by atoms with Gasteiger partial charge in [0.25, 0.3) is 0 Å². The Hall–Kier alpha value is -2.07. The molecule has 0 heterocycles. The standard InChI is InChI=1S/C21H18Cl2N2S/c1-25(21(26)24-19-13-17(22)12-18(23)14-19)20(15-8-4-2-5-9-15)16-10-6-3-7-11-16/h2-14,20H,1H3,(H,24,26). The van der Waals surface area contributed by atoms with Crippen LogP contribution in [0.25, 0.3) is 0 Å². The van der Waals surface area contributed by atoms with Crippen molar-refractivity contribution in [1.82, 2.24) is 4.90 Å². The lowest BCUT2D eigenvalue weighted by atomic mass is 9.98. The summed E-state index contributed by atoms with van der Waals surface area (Å²) in [5.41, 5.74) is 3.09. The van der Waals surface area contributed by atoms with E-state index in [4.69, 9.17) is 35.4 Å². The van der Waals surface area contributed by atoms with Gasteiger partial charge in [-0.3, -0.25) is 0 Å². The van der Waals surface area contributed by atoms with Crippen LogP contribution in [-0.2, 0) is 0 Å². The van der Waals surface area contributed by atoms with E-state index in [2.05, 4.69) is 29.6 Å². The third-order valence-electron chi connectivity index (χ3n) is 4.05. The van der Waals surface area contributed by atoms with Gasteiger partial charge in [-0.15, -0.1) is 0 Å². The van der Waals surface area contributed by atoms with E-state index < -0.39 is 0 Å². The maximum absolute atomic E-state index is 6.09. The summed E-state index contributed by atoms with van der Waals surface area (Å²) < 4.78 is 0. The van der Waals surface area contributed by atoms with Crippen LogP contribution in [0.2, 0.25) is 10.0 Å². The van der Waals surface area contributed by atoms with Gasteiger partial charge in [0.05, 0.1) is 6.04 Å². The van der Waals surface area contributed by atoms with Gasteiger partial charge in [-0.2, -0.15) is 0 Å². The zero-order chi connectivity index (χ0) is 18.5. The molecule has 26 heavy (non-hydrogen) atoms. The largest absolute Gasteiger partial charge is 0.341 e. The van der Waals surface area contributed by atoms with Crippen molar-refractivity contribution in [3.05, 3.63) is 100 Å². The molecule has 5 heteroatoms. The molecule has 0 aliphatic heterocycles. The van der Waals surface area contributed by atoms with Gasteiger partial charge in [-0.25, -0.2) is 0 Å². The first-order valence-corrected chi connectivity index (χ1v) is 9.31. The van der Waals surface area contributed by atoms with E-state index >= 15 is 0 Å². The average molecular weight is 401 g/mol. The third-order valence-corrected chi connectivity index (χ3v) is 4.88. The molecular formula is C21H18Cl2N2S. The number of thiocarbonyl (C=S) groups is 1. The van der Waals surface area contributed by atoms with Crippen molar-refractivity contribution in [1.29, 1.82) is 0 Å². The molecule has 0 fully saturated rings. The van der Waals surface area contributed by atoms with E-state index in [0.29, 0.717) is 15.2 Å². The molecule has 3 aromatic rings. The van der Waals surface area contributed by atoms with Crippen molar-refractivity contribution in [3.63, 3.8) is 0 Å². The Labute approximate surface area is 169 Å². The quantitative estimate of drug-likeness (QED) is 0.509. The second-order valence-electron chi connectivity index (χ2n) is 5.92. The zero-order valence-electron chi connectivity index (χ0n) is 14.2. The number of hydrogen-bond acceptors (Lipinski definition) is 1. The predicted molar refractivity (Wildman–Crippen MR) is 115 cm³/mol. The Balaban J connectivity index is 1.90. The van der Waals surface area contributed by atoms with Crippen molar-refractivity contribution >= 4 is 46.2 Å². The van der Waals surface area contributed by atoms with Gasteiger partial charge >= 0.3 is 0 Å². The number of hydrogen-bond donors (Lipinski definition) is 1. The number of anilines is 1. The lowest BCUT2D eigenvalue weighted by Crippen LogP contribution is -2.35. The van der Waals surface area contributed by atoms with Gasteiger partial charge in [-0.1, -0.05) is 83.9 Å². The lowest BCUT2D eigenvalue weighted by Gasteiger charge is -2.31. The van der Waals surface area contributed by atoms with Crippen LogP contribution in [0.15, 0.2) is 78.9 Å². The van der Waals surface area contributed by atoms with Crippen LogP contribution in [0.5, 0.6) is 0 Å². The molecule has 3 rings (SSSR count). The molecule has 0 aliphatic carbocycles. The van der Waals surface area contributed by atoms with Crippen molar-refractivity contribution in [2.75, 3.05) is 12.4 Å². The Bertz CT molecular complexity index is 825. The molecule has 0 aromatic heterocycles. The van der Waals surface area contributed by atoms with Crippen molar-refractivity contribution < 1.29 is 0 Å². The lowest BCUT2D eigenvalue weighted by molar-refractivity contribution is 0.434. The summed E-state index contributed by atoms with van der Waals surface area (Å²) in [4.78, 5) is 2.04. The molecule has 132 valence electrons. The molecule has 2 nitrogen and oxygen atoms in total. The number of benzene rings is 3. The van der Waals surface area contributed by atoms with E-state index in [9.17, 15) is 0 Å². The summed E-state index contributed by atoms with van der Waals surface area (Å²) in [6.07, 6.45) is 0. The topological polar surface area (TPSA) is 15.3 Å². The molecule has 0 saturated heterocycles. The average Bonchev–Trinajstić information content (AvgIpc) is 2.63. The smallest absolute Gasteiger partial charge is 0.173 e. The highest BCUT2D eigenvalue weighted by atomic mass is 35.5. The number of nitrogens with zero attached hydrogens (tertiary/aromatic N) is 1. The molecule has 0 saturated carbocycles. The van der Waals surface area contributed by atoms with Gasteiger partial charge in [0.1, 0.15) is 0 Å². The summed E-state index contributed by atoms with van der Waals surface area (Å²) in [5, 5.41) is 4.94. The van der Waals surface area contributed by atoms with Gasteiger partial charge in [0.2, 0.25) is 0 Å². The van der Waals surface area contributed by atoms with E-state index in [1.807, 2.05) is 48.3 Å². The highest BCUT2D eigenvalue weighted by Crippen LogP contribution is 2.29. The number of nitrogens with one attached hydrogen (secondary N) is 1. The third kappa shape index (κ3) is 4.55. The molecule has 0 amide bonds. The maximum Gasteiger partial charge on any atom is 0.173 e. The van der Waals surface area contributed by atoms with Crippen LogP contribution in [0.3, 0.4) is 0 Å². The zero-order valence-corrected chi connectivity index (χ0v) is 16.5. The fraction of sp³-hybridized carbons (Fsp3) is 0.0952. The van der Waals surface area contributed by atoms with Gasteiger partial charge < -0.3 is 10.2 Å². The maximum atomic E-state index is 6.09. The summed E-state index contributed by atoms with van der Waals surface area (Å²) >= 11 is 17.8. The Kier molecular flexibility index (Phi) is 6.15. The fourth-order valence-corrected chi connectivity index (χ4v) is 3.61. The fourth-order valence-electron chi connectivity index (χ4n) is 2.87. The molecule has 0 atom stereocenters. The van der Waals surface area contributed by atoms with E-state index in [0.717, 1.165) is 16.8 Å². The molecule has 0 aliphatic rings. The Morgan fingerprint density at radius 1 is 0.846 bits per heavy atom. The van der Waals surface area contributed by atoms with Crippen LogP contribution in [-0.4, -0.2) is 17.1 Å². The molecule has 0 bridgehead atoms. The monoisotopic (exact) mass is 400 g/mol. The van der Waals surface area contributed by atoms with Crippen molar-refractivity contribution in [2.24, 2.45) is 0 Å². The summed E-state index contributed by atoms with van der Waals surface area (Å²) in [6.45, 7) is 0. The van der Waals surface area contributed by atoms with Gasteiger partial charge in [0, 0.05) is 22.8 Å². The Morgan fingerprint density at radius 3 is 1.77 bits per heavy atom. The SMILES string of the molecule is CN(C(=S)Nc1cc(Cl)cc(Cl)c1)C(c1ccccc1)c1ccccc1. The summed E-state index contributed by atoms with van der Waals surface area (Å²) in [6, 6.07) is 25.9. The first-order chi connectivity index (χ1) is 12.5. The van der Waals surface area contributed by atoms with E-state index in [-0.39, 0.29) is 6.04 Å². The van der Waals surface area contributed by atoms with Crippen LogP contribution in [0, 0.1) is 0 Å². The second kappa shape index (κ2) is 8.54. The number of rotatable bonds is 4. The highest BCUT2D eigenvalue weighted by Gasteiger charge is 2.21. The van der Waals surface area contributed by atoms with Gasteiger partial charge in [0.15, 0.2) is 5.11 Å². The van der Waals surface area contributed by atoms with Crippen LogP contribution >= 0.6 is 35.4 Å². The first kappa shape index (κ1) is 18.7. The molecular weight excluding hydrogens is 383 g/mol. The van der Waals surface area contributed by atoms with Gasteiger partial charge in [-0.05, 0) is 41.5 Å². The van der Waals surface area contributed by atoms with Crippen LogP contribution in [0.4, 0.5) is 5.69 Å². The highest BCUT2D eigenvalue weighted by molar-refractivity contribution is 7.80. The minimum Gasteiger partial charge on any atom is -0.341 e. The Morgan fingerprint density at radius 2 is 1.31 bits per heavy atom. The molecule has 3 aromatic carbocycles. The molecule has 0 unspecified atom stereocenters. The molecule has 1 N–H and O–H groups in total.